The SMILES string of the molecule is CCCCC/C=C\C/C=C\C/C=C\CC1OC1CCCC(=O)OC[C@H](COP(=O)(O)OC[C@@H](O)CO)OC(=O)CCCCCCC/C=C\C/C=C\CCCCC. The van der Waals surface area contributed by atoms with Crippen molar-refractivity contribution in [3.05, 3.63) is 60.8 Å². The molecule has 11 nitrogen and oxygen atoms in total. The van der Waals surface area contributed by atoms with Crippen LogP contribution < -0.4 is 0 Å². The fourth-order valence-electron chi connectivity index (χ4n) is 5.64. The van der Waals surface area contributed by atoms with Gasteiger partial charge in [0.2, 0.25) is 0 Å². The van der Waals surface area contributed by atoms with E-state index in [1.165, 1.54) is 38.5 Å². The Bertz CT molecular complexity index is 1180. The number of rotatable bonds is 38. The highest BCUT2D eigenvalue weighted by Crippen LogP contribution is 2.43. The van der Waals surface area contributed by atoms with Crippen LogP contribution in [0, 0.1) is 0 Å². The second-order valence-electron chi connectivity index (χ2n) is 14.4. The van der Waals surface area contributed by atoms with E-state index in [0.29, 0.717) is 12.8 Å². The maximum Gasteiger partial charge on any atom is 0.472 e. The largest absolute Gasteiger partial charge is 0.472 e. The molecule has 3 N–H and O–H groups in total. The number of esters is 2. The van der Waals surface area contributed by atoms with E-state index in [9.17, 15) is 24.2 Å². The number of ether oxygens (including phenoxy) is 3. The van der Waals surface area contributed by atoms with E-state index in [4.69, 9.17) is 23.8 Å². The molecule has 1 aliphatic rings. The average Bonchev–Trinajstić information content (AvgIpc) is 3.94. The molecule has 0 bridgehead atoms. The van der Waals surface area contributed by atoms with Crippen LogP contribution in [0.15, 0.2) is 60.8 Å². The molecular weight excluding hydrogens is 735 g/mol. The average molecular weight is 811 g/mol. The summed E-state index contributed by atoms with van der Waals surface area (Å²) in [4.78, 5) is 35.1. The van der Waals surface area contributed by atoms with Crippen LogP contribution in [-0.4, -0.2) is 77.9 Å². The standard InChI is InChI=1S/C44H75O11P/c1-3-5-7-9-11-13-15-17-18-19-21-23-25-27-29-33-44(48)54-40(38-53-56(49,50)52-36-39(46)35-45)37-51-43(47)34-30-32-42-41(55-42)31-28-26-24-22-20-16-14-12-10-8-6-4-2/h11-14,17-18,20,22,26,28,39-42,45-46H,3-10,15-16,19,21,23-25,27,29-38H2,1-2H3,(H,49,50)/b13-11-,14-12-,18-17-,22-20-,28-26-/t39-,40+,41?,42?/m0/s1. The maximum absolute atomic E-state index is 12.6. The van der Waals surface area contributed by atoms with Crippen LogP contribution in [-0.2, 0) is 37.4 Å². The summed E-state index contributed by atoms with van der Waals surface area (Å²) < 4.78 is 38.4. The highest BCUT2D eigenvalue weighted by molar-refractivity contribution is 7.47. The summed E-state index contributed by atoms with van der Waals surface area (Å²) in [6.07, 6.45) is 40.6. The lowest BCUT2D eigenvalue weighted by atomic mass is 10.1. The zero-order valence-corrected chi connectivity index (χ0v) is 35.4. The van der Waals surface area contributed by atoms with Crippen LogP contribution in [0.3, 0.4) is 0 Å². The van der Waals surface area contributed by atoms with Crippen molar-refractivity contribution in [1.82, 2.24) is 0 Å². The summed E-state index contributed by atoms with van der Waals surface area (Å²) in [5.74, 6) is -1.02. The molecule has 0 aliphatic carbocycles. The van der Waals surface area contributed by atoms with Crippen molar-refractivity contribution in [3.63, 3.8) is 0 Å². The first kappa shape index (κ1) is 51.6. The molecule has 3 unspecified atom stereocenters. The summed E-state index contributed by atoms with van der Waals surface area (Å²) in [6, 6.07) is 0. The smallest absolute Gasteiger partial charge is 0.462 e. The Hall–Kier alpha value is -2.37. The maximum atomic E-state index is 12.6. The van der Waals surface area contributed by atoms with Gasteiger partial charge < -0.3 is 29.3 Å². The zero-order chi connectivity index (χ0) is 41.0. The lowest BCUT2D eigenvalue weighted by Gasteiger charge is -2.20. The predicted octanol–water partition coefficient (Wildman–Crippen LogP) is 10.1. The molecule has 0 aromatic rings. The molecule has 0 radical (unpaired) electrons. The minimum Gasteiger partial charge on any atom is -0.462 e. The first-order chi connectivity index (χ1) is 27.2. The molecule has 1 heterocycles. The van der Waals surface area contributed by atoms with Crippen LogP contribution in [0.25, 0.3) is 0 Å². The molecule has 0 aromatic heterocycles. The highest BCUT2D eigenvalue weighted by atomic mass is 31.2. The van der Waals surface area contributed by atoms with Crippen molar-refractivity contribution in [2.45, 2.75) is 180 Å². The van der Waals surface area contributed by atoms with Crippen molar-refractivity contribution in [2.75, 3.05) is 26.4 Å². The van der Waals surface area contributed by atoms with E-state index >= 15 is 0 Å². The second kappa shape index (κ2) is 35.8. The first-order valence-corrected chi connectivity index (χ1v) is 22.9. The third-order valence-electron chi connectivity index (χ3n) is 9.07. The van der Waals surface area contributed by atoms with Gasteiger partial charge >= 0.3 is 19.8 Å². The number of aliphatic hydroxyl groups excluding tert-OH is 2. The third kappa shape index (κ3) is 32.7. The van der Waals surface area contributed by atoms with Gasteiger partial charge in [-0.25, -0.2) is 4.57 Å². The molecule has 322 valence electrons. The number of phosphoric ester groups is 1. The Morgan fingerprint density at radius 3 is 1.77 bits per heavy atom. The van der Waals surface area contributed by atoms with Crippen LogP contribution in [0.2, 0.25) is 0 Å². The van der Waals surface area contributed by atoms with Crippen LogP contribution in [0.5, 0.6) is 0 Å². The van der Waals surface area contributed by atoms with Crippen molar-refractivity contribution in [3.8, 4) is 0 Å². The van der Waals surface area contributed by atoms with Gasteiger partial charge in [0, 0.05) is 12.8 Å². The van der Waals surface area contributed by atoms with Gasteiger partial charge in [-0.2, -0.15) is 0 Å². The van der Waals surface area contributed by atoms with E-state index in [0.717, 1.165) is 77.0 Å². The molecule has 5 atom stereocenters. The van der Waals surface area contributed by atoms with E-state index < -0.39 is 51.8 Å². The van der Waals surface area contributed by atoms with Gasteiger partial charge in [-0.3, -0.25) is 18.6 Å². The highest BCUT2D eigenvalue weighted by Gasteiger charge is 2.36. The number of hydrogen-bond acceptors (Lipinski definition) is 10. The summed E-state index contributed by atoms with van der Waals surface area (Å²) >= 11 is 0. The Kier molecular flexibility index (Phi) is 33.0. The number of phosphoric acid groups is 1. The van der Waals surface area contributed by atoms with Gasteiger partial charge in [-0.05, 0) is 83.5 Å². The van der Waals surface area contributed by atoms with Crippen molar-refractivity contribution in [1.29, 1.82) is 0 Å². The predicted molar refractivity (Wildman–Crippen MR) is 223 cm³/mol. The molecule has 56 heavy (non-hydrogen) atoms. The van der Waals surface area contributed by atoms with E-state index in [1.54, 1.807) is 0 Å². The molecule has 0 aromatic carbocycles. The summed E-state index contributed by atoms with van der Waals surface area (Å²) in [6.45, 7) is 2.21. The van der Waals surface area contributed by atoms with Crippen molar-refractivity contribution >= 4 is 19.8 Å². The molecule has 1 fully saturated rings. The lowest BCUT2D eigenvalue weighted by molar-refractivity contribution is -0.161. The summed E-state index contributed by atoms with van der Waals surface area (Å²) in [5.41, 5.74) is 0. The van der Waals surface area contributed by atoms with E-state index in [1.807, 2.05) is 0 Å². The van der Waals surface area contributed by atoms with Gasteiger partial charge in [0.1, 0.15) is 12.7 Å². The number of hydrogen-bond donors (Lipinski definition) is 3. The number of epoxide rings is 1. The van der Waals surface area contributed by atoms with Crippen LogP contribution in [0.4, 0.5) is 0 Å². The van der Waals surface area contributed by atoms with Crippen molar-refractivity contribution in [2.24, 2.45) is 0 Å². The normalized spacial score (nSPS) is 18.1. The monoisotopic (exact) mass is 811 g/mol. The minimum atomic E-state index is -4.64. The van der Waals surface area contributed by atoms with Gasteiger partial charge in [-0.15, -0.1) is 0 Å². The molecule has 12 heteroatoms. The quantitative estimate of drug-likeness (QED) is 0.0179. The van der Waals surface area contributed by atoms with E-state index in [-0.39, 0.29) is 31.7 Å². The topological polar surface area (TPSA) is 161 Å². The number of unbranched alkanes of at least 4 members (excludes halogenated alkanes) is 11. The Balaban J connectivity index is 2.33. The molecule has 0 amide bonds. The number of allylic oxidation sites excluding steroid dienone is 9. The van der Waals surface area contributed by atoms with Gasteiger partial charge in [-0.1, -0.05) is 120 Å². The molecule has 1 saturated heterocycles. The molecule has 1 rings (SSSR count). The third-order valence-corrected chi connectivity index (χ3v) is 10.0. The Labute approximate surface area is 338 Å². The first-order valence-electron chi connectivity index (χ1n) is 21.4. The fraction of sp³-hybridized carbons (Fsp3) is 0.727. The molecular formula is C44H75O11P. The van der Waals surface area contributed by atoms with E-state index in [2.05, 4.69) is 79.1 Å². The number of aliphatic hydroxyl groups is 2. The summed E-state index contributed by atoms with van der Waals surface area (Å²) in [5, 5.41) is 18.3. The van der Waals surface area contributed by atoms with Gasteiger partial charge in [0.05, 0.1) is 32.0 Å². The zero-order valence-electron chi connectivity index (χ0n) is 34.5. The number of carbonyl (C=O) groups is 2. The number of carbonyl (C=O) groups excluding carboxylic acids is 2. The van der Waals surface area contributed by atoms with Crippen LogP contribution >= 0.6 is 7.82 Å². The molecule has 0 saturated carbocycles. The molecule has 0 spiro atoms. The van der Waals surface area contributed by atoms with Crippen molar-refractivity contribution < 1.29 is 52.5 Å². The second-order valence-corrected chi connectivity index (χ2v) is 15.8. The van der Waals surface area contributed by atoms with Gasteiger partial charge in [0.15, 0.2) is 6.10 Å². The molecule has 1 aliphatic heterocycles. The Morgan fingerprint density at radius 1 is 0.643 bits per heavy atom. The van der Waals surface area contributed by atoms with Gasteiger partial charge in [0.25, 0.3) is 0 Å². The minimum absolute atomic E-state index is 0.111. The fourth-order valence-corrected chi connectivity index (χ4v) is 6.43. The summed E-state index contributed by atoms with van der Waals surface area (Å²) in [7, 11) is -4.64. The lowest BCUT2D eigenvalue weighted by Crippen LogP contribution is -2.29. The Morgan fingerprint density at radius 2 is 1.16 bits per heavy atom. The van der Waals surface area contributed by atoms with Crippen LogP contribution in [0.1, 0.15) is 155 Å².